The molecule has 0 saturated heterocycles. The fourth-order valence-electron chi connectivity index (χ4n) is 1.52. The van der Waals surface area contributed by atoms with E-state index in [1.54, 1.807) is 13.2 Å². The van der Waals surface area contributed by atoms with Gasteiger partial charge in [0.25, 0.3) is 0 Å². The van der Waals surface area contributed by atoms with Gasteiger partial charge in [-0.3, -0.25) is 0 Å². The number of nitrogens with one attached hydrogen (secondary N) is 1. The van der Waals surface area contributed by atoms with Crippen molar-refractivity contribution in [1.29, 1.82) is 0 Å². The second-order valence-corrected chi connectivity index (χ2v) is 4.00. The van der Waals surface area contributed by atoms with Crippen molar-refractivity contribution in [3.63, 3.8) is 0 Å². The van der Waals surface area contributed by atoms with Gasteiger partial charge in [-0.1, -0.05) is 17.7 Å². The lowest BCUT2D eigenvalue weighted by atomic mass is 10.2. The molecule has 19 heavy (non-hydrogen) atoms. The average molecular weight is 260 g/mol. The lowest BCUT2D eigenvalue weighted by Gasteiger charge is -2.08. The van der Waals surface area contributed by atoms with E-state index in [2.05, 4.69) is 15.4 Å². The van der Waals surface area contributed by atoms with Gasteiger partial charge in [-0.15, -0.1) is 0 Å². The molecular formula is C13H16N4O2. The van der Waals surface area contributed by atoms with Crippen LogP contribution in [-0.2, 0) is 11.3 Å². The van der Waals surface area contributed by atoms with Crippen molar-refractivity contribution in [1.82, 2.24) is 9.97 Å². The number of hydrogen-bond donors (Lipinski definition) is 2. The van der Waals surface area contributed by atoms with E-state index in [1.807, 2.05) is 31.2 Å². The smallest absolute Gasteiger partial charge is 0.224 e. The number of anilines is 1. The molecular weight excluding hydrogens is 244 g/mol. The molecule has 100 valence electrons. The van der Waals surface area contributed by atoms with Crippen molar-refractivity contribution in [3.05, 3.63) is 41.7 Å². The predicted molar refractivity (Wildman–Crippen MR) is 71.8 cm³/mol. The summed E-state index contributed by atoms with van der Waals surface area (Å²) >= 11 is 0. The summed E-state index contributed by atoms with van der Waals surface area (Å²) in [6.45, 7) is 2.31. The van der Waals surface area contributed by atoms with Gasteiger partial charge < -0.3 is 14.9 Å². The molecule has 0 radical (unpaired) electrons. The molecule has 0 unspecified atom stereocenters. The first-order valence-electron chi connectivity index (χ1n) is 5.79. The molecule has 2 rings (SSSR count). The SMILES string of the molecule is COCc1nc(NN)cc(Oc2ccc(C)cc2)n1. The van der Waals surface area contributed by atoms with Crippen LogP contribution in [0.15, 0.2) is 30.3 Å². The fourth-order valence-corrected chi connectivity index (χ4v) is 1.52. The molecule has 1 aromatic carbocycles. The average Bonchev–Trinajstić information content (AvgIpc) is 2.41. The number of hydrogen-bond acceptors (Lipinski definition) is 6. The highest BCUT2D eigenvalue weighted by molar-refractivity contribution is 5.39. The van der Waals surface area contributed by atoms with Crippen molar-refractivity contribution in [3.8, 4) is 11.6 Å². The molecule has 0 spiro atoms. The number of ether oxygens (including phenoxy) is 2. The zero-order chi connectivity index (χ0) is 13.7. The van der Waals surface area contributed by atoms with Gasteiger partial charge in [-0.05, 0) is 19.1 Å². The number of benzene rings is 1. The van der Waals surface area contributed by atoms with Crippen molar-refractivity contribution >= 4 is 5.82 Å². The zero-order valence-corrected chi connectivity index (χ0v) is 10.9. The molecule has 1 heterocycles. The Morgan fingerprint density at radius 1 is 1.21 bits per heavy atom. The van der Waals surface area contributed by atoms with Crippen LogP contribution in [0.1, 0.15) is 11.4 Å². The lowest BCUT2D eigenvalue weighted by Crippen LogP contribution is -2.11. The molecule has 0 atom stereocenters. The third kappa shape index (κ3) is 3.64. The molecule has 6 nitrogen and oxygen atoms in total. The van der Waals surface area contributed by atoms with E-state index >= 15 is 0 Å². The Morgan fingerprint density at radius 2 is 1.95 bits per heavy atom. The highest BCUT2D eigenvalue weighted by Gasteiger charge is 2.06. The van der Waals surface area contributed by atoms with Gasteiger partial charge in [0.2, 0.25) is 5.88 Å². The van der Waals surface area contributed by atoms with Gasteiger partial charge in [-0.25, -0.2) is 10.8 Å². The van der Waals surface area contributed by atoms with Crippen molar-refractivity contribution in [2.24, 2.45) is 5.84 Å². The Labute approximate surface area is 111 Å². The van der Waals surface area contributed by atoms with Crippen LogP contribution >= 0.6 is 0 Å². The summed E-state index contributed by atoms with van der Waals surface area (Å²) in [6.07, 6.45) is 0. The summed E-state index contributed by atoms with van der Waals surface area (Å²) in [7, 11) is 1.58. The van der Waals surface area contributed by atoms with Gasteiger partial charge in [0, 0.05) is 13.2 Å². The van der Waals surface area contributed by atoms with Gasteiger partial charge in [-0.2, -0.15) is 4.98 Å². The molecule has 3 N–H and O–H groups in total. The van der Waals surface area contributed by atoms with Gasteiger partial charge in [0.05, 0.1) is 0 Å². The Hall–Kier alpha value is -2.18. The zero-order valence-electron chi connectivity index (χ0n) is 10.9. The second kappa shape index (κ2) is 6.12. The second-order valence-electron chi connectivity index (χ2n) is 4.00. The highest BCUT2D eigenvalue weighted by atomic mass is 16.5. The number of nitrogens with zero attached hydrogens (tertiary/aromatic N) is 2. The maximum atomic E-state index is 5.66. The minimum atomic E-state index is 0.291. The van der Waals surface area contributed by atoms with Crippen LogP contribution in [0.2, 0.25) is 0 Å². The minimum Gasteiger partial charge on any atom is -0.439 e. The van der Waals surface area contributed by atoms with Crippen molar-refractivity contribution in [2.75, 3.05) is 12.5 Å². The highest BCUT2D eigenvalue weighted by Crippen LogP contribution is 2.21. The molecule has 0 fully saturated rings. The van der Waals surface area contributed by atoms with Gasteiger partial charge in [0.15, 0.2) is 5.82 Å². The number of rotatable bonds is 5. The molecule has 2 aromatic rings. The van der Waals surface area contributed by atoms with Crippen LogP contribution in [0, 0.1) is 6.92 Å². The Morgan fingerprint density at radius 3 is 2.58 bits per heavy atom. The maximum Gasteiger partial charge on any atom is 0.224 e. The molecule has 6 heteroatoms. The van der Waals surface area contributed by atoms with Gasteiger partial charge in [0.1, 0.15) is 18.2 Å². The number of aromatic nitrogens is 2. The standard InChI is InChI=1S/C13H16N4O2/c1-9-3-5-10(6-4-9)19-13-7-11(17-14)15-12(16-13)8-18-2/h3-7H,8,14H2,1-2H3,(H,15,16,17). The number of hydrazine groups is 1. The predicted octanol–water partition coefficient (Wildman–Crippen LogP) is 2.01. The third-order valence-electron chi connectivity index (χ3n) is 2.41. The third-order valence-corrected chi connectivity index (χ3v) is 2.41. The van der Waals surface area contributed by atoms with Crippen LogP contribution in [0.4, 0.5) is 5.82 Å². The number of nitrogens with two attached hydrogens (primary N) is 1. The van der Waals surface area contributed by atoms with Crippen LogP contribution in [0.25, 0.3) is 0 Å². The number of nitrogen functional groups attached to an aromatic ring is 1. The molecule has 0 saturated carbocycles. The van der Waals surface area contributed by atoms with E-state index in [0.717, 1.165) is 0 Å². The van der Waals surface area contributed by atoms with E-state index < -0.39 is 0 Å². The monoisotopic (exact) mass is 260 g/mol. The Balaban J connectivity index is 2.23. The fraction of sp³-hybridized carbons (Fsp3) is 0.231. The first kappa shape index (κ1) is 13.3. The van der Waals surface area contributed by atoms with Crippen LogP contribution < -0.4 is 16.0 Å². The van der Waals surface area contributed by atoms with E-state index in [9.17, 15) is 0 Å². The summed E-state index contributed by atoms with van der Waals surface area (Å²) in [5.41, 5.74) is 3.64. The largest absolute Gasteiger partial charge is 0.439 e. The lowest BCUT2D eigenvalue weighted by molar-refractivity contribution is 0.177. The molecule has 0 aliphatic carbocycles. The van der Waals surface area contributed by atoms with E-state index in [-0.39, 0.29) is 0 Å². The van der Waals surface area contributed by atoms with E-state index in [0.29, 0.717) is 29.9 Å². The first-order valence-corrected chi connectivity index (χ1v) is 5.79. The quantitative estimate of drug-likeness (QED) is 0.632. The summed E-state index contributed by atoms with van der Waals surface area (Å²) < 4.78 is 10.7. The molecule has 1 aromatic heterocycles. The molecule has 0 aliphatic heterocycles. The van der Waals surface area contributed by atoms with Gasteiger partial charge >= 0.3 is 0 Å². The Kier molecular flexibility index (Phi) is 4.27. The topological polar surface area (TPSA) is 82.3 Å². The summed E-state index contributed by atoms with van der Waals surface area (Å²) in [6, 6.07) is 9.31. The molecule has 0 bridgehead atoms. The van der Waals surface area contributed by atoms with E-state index in [4.69, 9.17) is 15.3 Å². The maximum absolute atomic E-state index is 5.66. The normalized spacial score (nSPS) is 10.3. The summed E-state index contributed by atoms with van der Waals surface area (Å²) in [5, 5.41) is 0. The van der Waals surface area contributed by atoms with Crippen LogP contribution in [0.5, 0.6) is 11.6 Å². The number of methoxy groups -OCH3 is 1. The minimum absolute atomic E-state index is 0.291. The van der Waals surface area contributed by atoms with E-state index in [1.165, 1.54) is 5.56 Å². The summed E-state index contributed by atoms with van der Waals surface area (Å²) in [5.74, 6) is 7.46. The van der Waals surface area contributed by atoms with Crippen molar-refractivity contribution in [2.45, 2.75) is 13.5 Å². The van der Waals surface area contributed by atoms with Crippen LogP contribution in [-0.4, -0.2) is 17.1 Å². The first-order chi connectivity index (χ1) is 9.21. The van der Waals surface area contributed by atoms with Crippen molar-refractivity contribution < 1.29 is 9.47 Å². The summed E-state index contributed by atoms with van der Waals surface area (Å²) in [4.78, 5) is 8.38. The molecule has 0 aliphatic rings. The number of aryl methyl sites for hydroxylation is 1. The van der Waals surface area contributed by atoms with Crippen LogP contribution in [0.3, 0.4) is 0 Å². The molecule has 0 amide bonds. The Bertz CT molecular complexity index is 543.